The van der Waals surface area contributed by atoms with E-state index >= 15 is 0 Å². The SMILES string of the molecule is CCOc1ccc(C(=O)NC[C@H](c2cccc(OC)c2OC)c2c[nH]c3ccccc23)cc1. The lowest BCUT2D eigenvalue weighted by Gasteiger charge is -2.22. The molecule has 0 aliphatic carbocycles. The number of carbonyl (C=O) groups excluding carboxylic acids is 1. The van der Waals surface area contributed by atoms with Crippen LogP contribution in [0.25, 0.3) is 10.9 Å². The van der Waals surface area contributed by atoms with E-state index in [2.05, 4.69) is 16.4 Å². The van der Waals surface area contributed by atoms with Gasteiger partial charge in [-0.05, 0) is 48.9 Å². The van der Waals surface area contributed by atoms with Crippen molar-refractivity contribution in [1.29, 1.82) is 0 Å². The smallest absolute Gasteiger partial charge is 0.251 e. The summed E-state index contributed by atoms with van der Waals surface area (Å²) in [4.78, 5) is 16.3. The van der Waals surface area contributed by atoms with Crippen LogP contribution in [0.2, 0.25) is 0 Å². The summed E-state index contributed by atoms with van der Waals surface area (Å²) in [5.74, 6) is 1.75. The van der Waals surface area contributed by atoms with Gasteiger partial charge in [0.15, 0.2) is 11.5 Å². The fraction of sp³-hybridized carbons (Fsp3) is 0.222. The van der Waals surface area contributed by atoms with E-state index in [1.54, 1.807) is 38.5 Å². The maximum absolute atomic E-state index is 12.9. The highest BCUT2D eigenvalue weighted by molar-refractivity contribution is 5.94. The molecule has 0 radical (unpaired) electrons. The largest absolute Gasteiger partial charge is 0.494 e. The number of nitrogens with one attached hydrogen (secondary N) is 2. The van der Waals surface area contributed by atoms with E-state index in [-0.39, 0.29) is 11.8 Å². The first-order valence-corrected chi connectivity index (χ1v) is 10.9. The monoisotopic (exact) mass is 444 g/mol. The summed E-state index contributed by atoms with van der Waals surface area (Å²) in [5, 5.41) is 4.20. The number of ether oxygens (including phenoxy) is 3. The number of aromatic amines is 1. The van der Waals surface area contributed by atoms with Gasteiger partial charge in [-0.2, -0.15) is 0 Å². The first-order valence-electron chi connectivity index (χ1n) is 10.9. The number of benzene rings is 3. The summed E-state index contributed by atoms with van der Waals surface area (Å²) in [6.07, 6.45) is 2.00. The average molecular weight is 445 g/mol. The van der Waals surface area contributed by atoms with Crippen molar-refractivity contribution < 1.29 is 19.0 Å². The third-order valence-electron chi connectivity index (χ3n) is 5.70. The number of fused-ring (bicyclic) bond motifs is 1. The minimum atomic E-state index is -0.155. The zero-order valence-electron chi connectivity index (χ0n) is 19.1. The van der Waals surface area contributed by atoms with Crippen LogP contribution in [0.15, 0.2) is 72.9 Å². The van der Waals surface area contributed by atoms with Gasteiger partial charge in [0.05, 0.1) is 20.8 Å². The average Bonchev–Trinajstić information content (AvgIpc) is 3.28. The van der Waals surface area contributed by atoms with Crippen molar-refractivity contribution >= 4 is 16.8 Å². The molecule has 170 valence electrons. The molecule has 0 aliphatic rings. The molecule has 1 heterocycles. The van der Waals surface area contributed by atoms with Crippen molar-refractivity contribution in [3.63, 3.8) is 0 Å². The van der Waals surface area contributed by atoms with Gasteiger partial charge in [-0.25, -0.2) is 0 Å². The first-order chi connectivity index (χ1) is 16.2. The maximum Gasteiger partial charge on any atom is 0.251 e. The number of rotatable bonds is 9. The molecule has 4 aromatic rings. The number of methoxy groups -OCH3 is 2. The fourth-order valence-corrected chi connectivity index (χ4v) is 4.12. The van der Waals surface area contributed by atoms with Gasteiger partial charge in [0.25, 0.3) is 5.91 Å². The van der Waals surface area contributed by atoms with E-state index in [0.29, 0.717) is 30.2 Å². The summed E-state index contributed by atoms with van der Waals surface area (Å²) < 4.78 is 16.7. The van der Waals surface area contributed by atoms with Gasteiger partial charge in [0.2, 0.25) is 0 Å². The summed E-state index contributed by atoms with van der Waals surface area (Å²) in [7, 11) is 3.25. The molecule has 33 heavy (non-hydrogen) atoms. The number of H-pyrrole nitrogens is 1. The Morgan fingerprint density at radius 1 is 0.939 bits per heavy atom. The van der Waals surface area contributed by atoms with E-state index in [0.717, 1.165) is 27.8 Å². The van der Waals surface area contributed by atoms with Crippen LogP contribution in [0.5, 0.6) is 17.2 Å². The van der Waals surface area contributed by atoms with E-state index in [1.807, 2.05) is 49.5 Å². The molecule has 6 heteroatoms. The number of aromatic nitrogens is 1. The molecule has 2 N–H and O–H groups in total. The van der Waals surface area contributed by atoms with Gasteiger partial charge in [0.1, 0.15) is 5.75 Å². The van der Waals surface area contributed by atoms with Crippen molar-refractivity contribution in [2.45, 2.75) is 12.8 Å². The second-order valence-corrected chi connectivity index (χ2v) is 7.59. The van der Waals surface area contributed by atoms with Gasteiger partial charge in [-0.15, -0.1) is 0 Å². The Morgan fingerprint density at radius 2 is 1.73 bits per heavy atom. The molecule has 1 amide bonds. The highest BCUT2D eigenvalue weighted by Gasteiger charge is 2.24. The normalized spacial score (nSPS) is 11.7. The van der Waals surface area contributed by atoms with Crippen LogP contribution in [0.3, 0.4) is 0 Å². The molecule has 0 saturated heterocycles. The standard InChI is InChI=1S/C27H28N2O4/c1-4-33-19-14-12-18(13-15-19)27(30)29-17-23(21-9-7-11-25(31-2)26(21)32-3)22-16-28-24-10-6-5-8-20(22)24/h5-16,23,28H,4,17H2,1-3H3,(H,29,30)/t23-/m1/s1. The van der Waals surface area contributed by atoms with Crippen LogP contribution >= 0.6 is 0 Å². The molecule has 0 aliphatic heterocycles. The zero-order valence-corrected chi connectivity index (χ0v) is 19.1. The molecular weight excluding hydrogens is 416 g/mol. The van der Waals surface area contributed by atoms with Crippen molar-refractivity contribution in [3.8, 4) is 17.2 Å². The van der Waals surface area contributed by atoms with Gasteiger partial charge in [-0.1, -0.05) is 30.3 Å². The van der Waals surface area contributed by atoms with E-state index in [1.165, 1.54) is 0 Å². The van der Waals surface area contributed by atoms with Crippen LogP contribution in [0.4, 0.5) is 0 Å². The van der Waals surface area contributed by atoms with Crippen molar-refractivity contribution in [2.75, 3.05) is 27.4 Å². The van der Waals surface area contributed by atoms with Gasteiger partial charge in [0, 0.05) is 40.7 Å². The molecule has 0 saturated carbocycles. The molecule has 3 aromatic carbocycles. The minimum Gasteiger partial charge on any atom is -0.494 e. The Bertz CT molecular complexity index is 1230. The molecule has 1 atom stereocenters. The highest BCUT2D eigenvalue weighted by Crippen LogP contribution is 2.40. The molecule has 0 unspecified atom stereocenters. The minimum absolute atomic E-state index is 0.148. The summed E-state index contributed by atoms with van der Waals surface area (Å²) in [5.41, 5.74) is 3.63. The zero-order chi connectivity index (χ0) is 23.2. The van der Waals surface area contributed by atoms with Crippen LogP contribution in [-0.4, -0.2) is 38.3 Å². The lowest BCUT2D eigenvalue weighted by atomic mass is 9.89. The van der Waals surface area contributed by atoms with Gasteiger partial charge >= 0.3 is 0 Å². The van der Waals surface area contributed by atoms with E-state index in [9.17, 15) is 4.79 Å². The maximum atomic E-state index is 12.9. The van der Waals surface area contributed by atoms with Gasteiger partial charge < -0.3 is 24.5 Å². The van der Waals surface area contributed by atoms with E-state index in [4.69, 9.17) is 14.2 Å². The van der Waals surface area contributed by atoms with Crippen LogP contribution in [0.1, 0.15) is 34.3 Å². The number of hydrogen-bond acceptors (Lipinski definition) is 4. The third kappa shape index (κ3) is 4.65. The topological polar surface area (TPSA) is 72.6 Å². The fourth-order valence-electron chi connectivity index (χ4n) is 4.12. The Hall–Kier alpha value is -3.93. The Morgan fingerprint density at radius 3 is 2.45 bits per heavy atom. The quantitative estimate of drug-likeness (QED) is 0.375. The number of hydrogen-bond donors (Lipinski definition) is 2. The molecular formula is C27H28N2O4. The molecule has 0 bridgehead atoms. The number of carbonyl (C=O) groups is 1. The third-order valence-corrected chi connectivity index (χ3v) is 5.70. The molecule has 4 rings (SSSR count). The Labute approximate surface area is 193 Å². The molecule has 0 spiro atoms. The molecule has 0 fully saturated rings. The summed E-state index contributed by atoms with van der Waals surface area (Å²) in [6.45, 7) is 2.90. The van der Waals surface area contributed by atoms with Crippen LogP contribution in [-0.2, 0) is 0 Å². The lowest BCUT2D eigenvalue weighted by Crippen LogP contribution is -2.29. The number of amides is 1. The Kier molecular flexibility index (Phi) is 6.83. The van der Waals surface area contributed by atoms with E-state index < -0.39 is 0 Å². The van der Waals surface area contributed by atoms with Crippen molar-refractivity contribution in [2.24, 2.45) is 0 Å². The lowest BCUT2D eigenvalue weighted by molar-refractivity contribution is 0.0952. The molecule has 1 aromatic heterocycles. The van der Waals surface area contributed by atoms with Gasteiger partial charge in [-0.3, -0.25) is 4.79 Å². The van der Waals surface area contributed by atoms with Crippen LogP contribution in [0, 0.1) is 0 Å². The first kappa shape index (κ1) is 22.3. The Balaban J connectivity index is 1.67. The number of para-hydroxylation sites is 2. The predicted molar refractivity (Wildman–Crippen MR) is 130 cm³/mol. The summed E-state index contributed by atoms with van der Waals surface area (Å²) in [6, 6.07) is 21.1. The van der Waals surface area contributed by atoms with Crippen molar-refractivity contribution in [3.05, 3.63) is 89.6 Å². The highest BCUT2D eigenvalue weighted by atomic mass is 16.5. The predicted octanol–water partition coefficient (Wildman–Crippen LogP) is 5.15. The van der Waals surface area contributed by atoms with Crippen LogP contribution < -0.4 is 19.5 Å². The molecule has 6 nitrogen and oxygen atoms in total. The van der Waals surface area contributed by atoms with Crippen molar-refractivity contribution in [1.82, 2.24) is 10.3 Å². The second kappa shape index (κ2) is 10.1. The second-order valence-electron chi connectivity index (χ2n) is 7.59. The summed E-state index contributed by atoms with van der Waals surface area (Å²) >= 11 is 0.